The number of nitrogens with zero attached hydrogens (tertiary/aromatic N) is 6. The first kappa shape index (κ1) is 90.8. The fourth-order valence-corrected chi connectivity index (χ4v) is 24.2. The van der Waals surface area contributed by atoms with Crippen molar-refractivity contribution in [3.63, 3.8) is 0 Å². The number of piperidine rings is 12. The Morgan fingerprint density at radius 3 is 0.957 bits per heavy atom. The molecule has 6 spiro atoms. The van der Waals surface area contributed by atoms with Crippen molar-refractivity contribution in [2.45, 2.75) is 341 Å². The summed E-state index contributed by atoms with van der Waals surface area (Å²) >= 11 is 0. The van der Waals surface area contributed by atoms with E-state index in [-0.39, 0.29) is 44.6 Å². The van der Waals surface area contributed by atoms with Crippen LogP contribution in [0.2, 0.25) is 0 Å². The van der Waals surface area contributed by atoms with E-state index in [0.29, 0.717) is 0 Å². The molecule has 12 fully saturated rings. The molecule has 12 aliphatic heterocycles. The summed E-state index contributed by atoms with van der Waals surface area (Å²) in [4.78, 5) is 0. The van der Waals surface area contributed by atoms with Gasteiger partial charge in [0.15, 0.2) is 0 Å². The Morgan fingerprint density at radius 1 is 0.194 bits per heavy atom. The van der Waals surface area contributed by atoms with Crippen LogP contribution < -0.4 is 0 Å². The molecule has 0 N–H and O–H groups in total. The minimum atomic E-state index is 0. The van der Waals surface area contributed by atoms with E-state index < -0.39 is 0 Å². The molecule has 93 heavy (non-hydrogen) atoms. The van der Waals surface area contributed by atoms with Crippen LogP contribution in [0.3, 0.4) is 0 Å². The highest BCUT2D eigenvalue weighted by atomic mass is 15.4. The number of quaternary nitrogens is 6. The Labute approximate surface area is 591 Å². The lowest BCUT2D eigenvalue weighted by Gasteiger charge is -2.57. The van der Waals surface area contributed by atoms with E-state index in [1.54, 1.807) is 0 Å². The summed E-state index contributed by atoms with van der Waals surface area (Å²) in [6.45, 7) is 75.5. The summed E-state index contributed by atoms with van der Waals surface area (Å²) in [6, 6.07) is 7.28. The maximum Gasteiger partial charge on any atom is 0.0892 e. The van der Waals surface area contributed by atoms with Crippen LogP contribution in [0.5, 0.6) is 0 Å². The maximum absolute atomic E-state index is 2.52. The SMILES string of the molecule is CC1CC(C)C(C)[N+]2(CCCCC2)C1C.CC1CC(C)[N+]2(CCCCC2)C(C)C1.CC1CC(C)[N+]2(CCCCC2)C(C)C1C.CC1CC(C)[N+]2(CCCCC2)CC1C.CC1C[N+]2(CCCCC2)C(C)C(C)C1C.CC1C[N+]2(CCCCC2)CC(C)C1C.[CH3-].[CH3-].[CH3-].[CH3-].[CH3-].[CH3-]. The van der Waals surface area contributed by atoms with Crippen LogP contribution in [-0.4, -0.2) is 180 Å². The molecule has 0 saturated carbocycles. The summed E-state index contributed by atoms with van der Waals surface area (Å²) in [5.74, 6) is 12.1. The first-order valence-electron chi connectivity index (χ1n) is 40.3. The predicted molar refractivity (Wildman–Crippen MR) is 419 cm³/mol. The highest BCUT2D eigenvalue weighted by Gasteiger charge is 2.52. The van der Waals surface area contributed by atoms with Crippen molar-refractivity contribution in [1.29, 1.82) is 0 Å². The number of hydrogen-bond donors (Lipinski definition) is 0. The van der Waals surface area contributed by atoms with Crippen molar-refractivity contribution in [2.24, 2.45) is 76.9 Å². The van der Waals surface area contributed by atoms with Crippen molar-refractivity contribution < 1.29 is 26.9 Å². The topological polar surface area (TPSA) is 0 Å². The summed E-state index contributed by atoms with van der Waals surface area (Å²) < 4.78 is 8.74. The van der Waals surface area contributed by atoms with E-state index in [1.165, 1.54) is 279 Å². The molecule has 12 aliphatic rings. The molecule has 558 valence electrons. The Balaban J connectivity index is 0.000000551. The van der Waals surface area contributed by atoms with E-state index in [1.807, 2.05) is 0 Å². The van der Waals surface area contributed by atoms with Gasteiger partial charge in [-0.3, -0.25) is 0 Å². The van der Waals surface area contributed by atoms with Crippen LogP contribution in [-0.2, 0) is 0 Å². The molecule has 0 amide bonds. The third-order valence-corrected chi connectivity index (χ3v) is 31.9. The average molecular weight is 1310 g/mol. The second-order valence-electron chi connectivity index (χ2n) is 36.8. The van der Waals surface area contributed by atoms with Crippen LogP contribution >= 0.6 is 0 Å². The van der Waals surface area contributed by atoms with Crippen LogP contribution in [0, 0.1) is 121 Å². The van der Waals surface area contributed by atoms with Crippen LogP contribution in [0.25, 0.3) is 0 Å². The first-order chi connectivity index (χ1) is 41.1. The molecule has 6 heteroatoms. The van der Waals surface area contributed by atoms with Crippen molar-refractivity contribution in [2.75, 3.05) is 105 Å². The van der Waals surface area contributed by atoms with E-state index in [0.717, 1.165) is 125 Å². The maximum atomic E-state index is 2.52. The van der Waals surface area contributed by atoms with Gasteiger partial charge in [0, 0.05) is 73.0 Å². The summed E-state index contributed by atoms with van der Waals surface area (Å²) in [7, 11) is 0. The second-order valence-corrected chi connectivity index (χ2v) is 36.8. The molecule has 0 aromatic carbocycles. The van der Waals surface area contributed by atoms with E-state index in [4.69, 9.17) is 0 Å². The van der Waals surface area contributed by atoms with Gasteiger partial charge in [0.25, 0.3) is 0 Å². The van der Waals surface area contributed by atoms with Crippen molar-refractivity contribution in [3.05, 3.63) is 44.6 Å². The van der Waals surface area contributed by atoms with Gasteiger partial charge < -0.3 is 71.5 Å². The molecule has 12 saturated heterocycles. The summed E-state index contributed by atoms with van der Waals surface area (Å²) in [5.41, 5.74) is 0. The number of rotatable bonds is 0. The molecule has 0 aromatic heterocycles. The molecule has 19 unspecified atom stereocenters. The third kappa shape index (κ3) is 21.0. The van der Waals surface area contributed by atoms with Crippen molar-refractivity contribution in [1.82, 2.24) is 0 Å². The minimum Gasteiger partial charge on any atom is -0.358 e. The number of hydrogen-bond acceptors (Lipinski definition) is 0. The Morgan fingerprint density at radius 2 is 0.527 bits per heavy atom. The molecule has 6 nitrogen and oxygen atoms in total. The largest absolute Gasteiger partial charge is 0.358 e. The van der Waals surface area contributed by atoms with Crippen molar-refractivity contribution >= 4 is 0 Å². The highest BCUT2D eigenvalue weighted by Crippen LogP contribution is 2.45. The minimum absolute atomic E-state index is 0. The smallest absolute Gasteiger partial charge is 0.0892 e. The molecule has 0 radical (unpaired) electrons. The standard InChI is InChI=1S/3C14H28N.3C13H26N.6CH3/c1-11-10-15(8-6-5-7-9-15)14(4)13(3)12(11)2;1-11-10-12(2)15(14(4)13(11)3)8-6-5-7-9-15;1-11-10-12(2)14(4)15(13(11)3)8-6-5-7-9-15;1-11-9-14(7-5-4-6-8-14)10-12(2)13(11)3;1-11-9-13(3)14(10-12(11)2)7-5-4-6-8-14;1-11-9-12(2)14(13(3)10-11)7-5-4-6-8-14;;;;;;/h3*11-14H,5-10H2,1-4H3;3*11-13H,4-10H2,1-3H3;6*1H3/q6*+1;6*-1. The monoisotopic (exact) mass is 1310 g/mol. The van der Waals surface area contributed by atoms with Gasteiger partial charge in [-0.25, -0.2) is 0 Å². The summed E-state index contributed by atoms with van der Waals surface area (Å²) in [5, 5.41) is 0. The van der Waals surface area contributed by atoms with Gasteiger partial charge in [-0.05, 0) is 207 Å². The zero-order valence-electron chi connectivity index (χ0n) is 69.4. The summed E-state index contributed by atoms with van der Waals surface area (Å²) in [6.07, 6.45) is 33.8. The van der Waals surface area contributed by atoms with Gasteiger partial charge in [0.05, 0.1) is 153 Å². The predicted octanol–water partition coefficient (Wildman–Crippen LogP) is 22.0. The van der Waals surface area contributed by atoms with Gasteiger partial charge in [-0.15, -0.1) is 0 Å². The normalized spacial score (nSPS) is 41.3. The van der Waals surface area contributed by atoms with Gasteiger partial charge in [0.2, 0.25) is 0 Å². The van der Waals surface area contributed by atoms with Gasteiger partial charge in [0.1, 0.15) is 0 Å². The Bertz CT molecular complexity index is 1900. The fourth-order valence-electron chi connectivity index (χ4n) is 24.2. The average Bonchev–Trinajstić information content (AvgIpc) is 0.819. The lowest BCUT2D eigenvalue weighted by Crippen LogP contribution is -2.67. The molecular formula is C87H180N6. The zero-order valence-corrected chi connectivity index (χ0v) is 69.4. The van der Waals surface area contributed by atoms with Crippen LogP contribution in [0.1, 0.15) is 293 Å². The molecule has 12 rings (SSSR count). The molecule has 19 atom stereocenters. The van der Waals surface area contributed by atoms with E-state index in [9.17, 15) is 0 Å². The van der Waals surface area contributed by atoms with Crippen LogP contribution in [0.15, 0.2) is 0 Å². The molecule has 0 aliphatic carbocycles. The fraction of sp³-hybridized carbons (Fsp3) is 0.931. The van der Waals surface area contributed by atoms with E-state index >= 15 is 0 Å². The Kier molecular flexibility index (Phi) is 38.9. The molecule has 0 aromatic rings. The highest BCUT2D eigenvalue weighted by molar-refractivity contribution is 4.84. The second kappa shape index (κ2) is 39.8. The van der Waals surface area contributed by atoms with Crippen molar-refractivity contribution in [3.8, 4) is 0 Å². The van der Waals surface area contributed by atoms with E-state index in [2.05, 4.69) is 145 Å². The first-order valence-corrected chi connectivity index (χ1v) is 40.3. The van der Waals surface area contributed by atoms with Gasteiger partial charge in [-0.1, -0.05) is 90.0 Å². The van der Waals surface area contributed by atoms with Gasteiger partial charge in [-0.2, -0.15) is 0 Å². The van der Waals surface area contributed by atoms with Crippen LogP contribution in [0.4, 0.5) is 0 Å². The quantitative estimate of drug-likeness (QED) is 0.168. The lowest BCUT2D eigenvalue weighted by molar-refractivity contribution is -0.985. The molecule has 0 bridgehead atoms. The molecule has 12 heterocycles. The third-order valence-electron chi connectivity index (χ3n) is 31.9. The molecular weight excluding hydrogens is 1130 g/mol. The van der Waals surface area contributed by atoms with Gasteiger partial charge >= 0.3 is 0 Å². The zero-order chi connectivity index (χ0) is 63.7. The lowest BCUT2D eigenvalue weighted by atomic mass is 9.74. The Hall–Kier alpha value is -0.240.